The fourth-order valence-corrected chi connectivity index (χ4v) is 1.95. The number of anilines is 1. The lowest BCUT2D eigenvalue weighted by Crippen LogP contribution is -2.33. The van der Waals surface area contributed by atoms with Crippen molar-refractivity contribution < 1.29 is 19.6 Å². The number of nitriles is 1. The van der Waals surface area contributed by atoms with Gasteiger partial charge in [0.05, 0.1) is 24.2 Å². The molecule has 2 N–H and O–H groups in total. The highest BCUT2D eigenvalue weighted by atomic mass is 16.6. The molecule has 2 unspecified atom stereocenters. The number of nitrogens with zero attached hydrogens (tertiary/aromatic N) is 3. The number of nitrogens with one attached hydrogen (secondary N) is 1. The smallest absolute Gasteiger partial charge is 0.328 e. The molecule has 1 saturated heterocycles. The molecule has 1 aromatic heterocycles. The summed E-state index contributed by atoms with van der Waals surface area (Å²) in [5.74, 6) is -2.00. The highest BCUT2D eigenvalue weighted by Gasteiger charge is 2.36. The van der Waals surface area contributed by atoms with E-state index in [1.54, 1.807) is 6.07 Å². The molecule has 0 aliphatic carbocycles. The molecule has 9 nitrogen and oxygen atoms in total. The van der Waals surface area contributed by atoms with E-state index >= 15 is 0 Å². The summed E-state index contributed by atoms with van der Waals surface area (Å²) in [7, 11) is 0. The maximum atomic E-state index is 11.0. The van der Waals surface area contributed by atoms with Crippen molar-refractivity contribution in [2.75, 3.05) is 18.5 Å². The number of hydrogen-bond donors (Lipinski definition) is 2. The van der Waals surface area contributed by atoms with Gasteiger partial charge < -0.3 is 15.2 Å². The zero-order valence-electron chi connectivity index (χ0n) is 10.1. The highest BCUT2D eigenvalue weighted by molar-refractivity contribution is 5.73. The minimum atomic E-state index is -1.06. The fourth-order valence-electron chi connectivity index (χ4n) is 1.95. The van der Waals surface area contributed by atoms with E-state index in [0.29, 0.717) is 0 Å². The minimum Gasteiger partial charge on any atom is -0.481 e. The van der Waals surface area contributed by atoms with Gasteiger partial charge in [-0.25, -0.2) is 4.98 Å². The van der Waals surface area contributed by atoms with Crippen LogP contribution >= 0.6 is 0 Å². The molecule has 2 atom stereocenters. The average molecular weight is 278 g/mol. The maximum Gasteiger partial charge on any atom is 0.328 e. The van der Waals surface area contributed by atoms with Crippen LogP contribution in [0.5, 0.6) is 0 Å². The van der Waals surface area contributed by atoms with Crippen LogP contribution in [0, 0.1) is 27.4 Å². The second kappa shape index (κ2) is 5.50. The van der Waals surface area contributed by atoms with E-state index in [2.05, 4.69) is 10.3 Å². The quantitative estimate of drug-likeness (QED) is 0.595. The van der Waals surface area contributed by atoms with Gasteiger partial charge in [0.2, 0.25) is 5.82 Å². The van der Waals surface area contributed by atoms with Crippen LogP contribution in [0.1, 0.15) is 5.56 Å². The number of hydrogen-bond acceptors (Lipinski definition) is 7. The summed E-state index contributed by atoms with van der Waals surface area (Å²) < 4.78 is 5.05. The molecule has 1 aliphatic rings. The van der Waals surface area contributed by atoms with Crippen molar-refractivity contribution in [3.05, 3.63) is 27.9 Å². The number of aromatic nitrogens is 1. The number of nitro groups is 1. The molecule has 1 aliphatic heterocycles. The molecule has 0 radical (unpaired) electrons. The summed E-state index contributed by atoms with van der Waals surface area (Å²) in [5.41, 5.74) is -0.607. The van der Waals surface area contributed by atoms with Gasteiger partial charge in [-0.15, -0.1) is 0 Å². The number of ether oxygens (including phenoxy) is 1. The van der Waals surface area contributed by atoms with E-state index in [9.17, 15) is 14.9 Å². The van der Waals surface area contributed by atoms with E-state index in [1.165, 1.54) is 12.3 Å². The Hall–Kier alpha value is -2.73. The largest absolute Gasteiger partial charge is 0.481 e. The van der Waals surface area contributed by atoms with Crippen molar-refractivity contribution in [3.63, 3.8) is 0 Å². The van der Waals surface area contributed by atoms with Gasteiger partial charge >= 0.3 is 11.7 Å². The van der Waals surface area contributed by atoms with Gasteiger partial charge in [0.15, 0.2) is 0 Å². The summed E-state index contributed by atoms with van der Waals surface area (Å²) in [6.07, 6.45) is 1.25. The van der Waals surface area contributed by atoms with Crippen molar-refractivity contribution in [2.24, 2.45) is 5.92 Å². The van der Waals surface area contributed by atoms with Crippen molar-refractivity contribution >= 4 is 17.5 Å². The van der Waals surface area contributed by atoms with Gasteiger partial charge in [-0.1, -0.05) is 0 Å². The van der Waals surface area contributed by atoms with Crippen LogP contribution in [0.2, 0.25) is 0 Å². The lowest BCUT2D eigenvalue weighted by Gasteiger charge is -2.16. The fraction of sp³-hybridized carbons (Fsp3) is 0.364. The Morgan fingerprint density at radius 3 is 3.00 bits per heavy atom. The Morgan fingerprint density at radius 1 is 1.65 bits per heavy atom. The molecule has 2 heterocycles. The third kappa shape index (κ3) is 2.50. The second-order valence-corrected chi connectivity index (χ2v) is 4.16. The molecule has 0 aromatic carbocycles. The van der Waals surface area contributed by atoms with Gasteiger partial charge in [-0.3, -0.25) is 14.9 Å². The van der Waals surface area contributed by atoms with E-state index in [-0.39, 0.29) is 24.6 Å². The van der Waals surface area contributed by atoms with Crippen LogP contribution in [0.3, 0.4) is 0 Å². The monoisotopic (exact) mass is 278 g/mol. The van der Waals surface area contributed by atoms with Gasteiger partial charge in [-0.2, -0.15) is 5.26 Å². The Bertz CT molecular complexity index is 597. The molecule has 1 aromatic rings. The van der Waals surface area contributed by atoms with Gasteiger partial charge in [-0.05, 0) is 6.07 Å². The van der Waals surface area contributed by atoms with Crippen LogP contribution in [-0.2, 0) is 9.53 Å². The first-order valence-electron chi connectivity index (χ1n) is 5.65. The molecular formula is C11H10N4O5. The second-order valence-electron chi connectivity index (χ2n) is 4.16. The predicted octanol–water partition coefficient (Wildman–Crippen LogP) is 0.373. The number of pyridine rings is 1. The molecule has 0 bridgehead atoms. The Labute approximate surface area is 112 Å². The highest BCUT2D eigenvalue weighted by Crippen LogP contribution is 2.28. The molecule has 0 saturated carbocycles. The number of carboxylic acids is 1. The number of aliphatic carboxylic acids is 1. The normalized spacial score (nSPS) is 21.1. The zero-order valence-corrected chi connectivity index (χ0v) is 10.1. The maximum absolute atomic E-state index is 11.0. The van der Waals surface area contributed by atoms with Crippen LogP contribution < -0.4 is 5.32 Å². The molecule has 1 fully saturated rings. The molecule has 9 heteroatoms. The van der Waals surface area contributed by atoms with Gasteiger partial charge in [0, 0.05) is 6.20 Å². The summed E-state index contributed by atoms with van der Waals surface area (Å²) in [6, 6.07) is 2.30. The van der Waals surface area contributed by atoms with Crippen LogP contribution in [0.25, 0.3) is 0 Å². The van der Waals surface area contributed by atoms with Gasteiger partial charge in [0.25, 0.3) is 0 Å². The topological polar surface area (TPSA) is 138 Å². The lowest BCUT2D eigenvalue weighted by atomic mass is 10.0. The minimum absolute atomic E-state index is 0.0265. The standard InChI is InChI=1S/C11H10N4O5/c12-3-6-1-2-13-10(9(6)15(18)19)14-8-5-20-4-7(8)11(16)17/h1-2,7-8H,4-5H2,(H,13,14)(H,16,17). The Balaban J connectivity index is 2.32. The van der Waals surface area contributed by atoms with Crippen molar-refractivity contribution in [1.82, 2.24) is 4.98 Å². The van der Waals surface area contributed by atoms with Crippen molar-refractivity contribution in [2.45, 2.75) is 6.04 Å². The first kappa shape index (κ1) is 13.7. The van der Waals surface area contributed by atoms with Crippen LogP contribution in [-0.4, -0.2) is 40.2 Å². The summed E-state index contributed by atoms with van der Waals surface area (Å²) in [5, 5.41) is 31.6. The first-order valence-corrected chi connectivity index (χ1v) is 5.65. The Kier molecular flexibility index (Phi) is 3.76. The summed E-state index contributed by atoms with van der Waals surface area (Å²) in [4.78, 5) is 25.1. The van der Waals surface area contributed by atoms with E-state index < -0.39 is 28.5 Å². The average Bonchev–Trinajstić information content (AvgIpc) is 2.86. The van der Waals surface area contributed by atoms with E-state index in [0.717, 1.165) is 0 Å². The third-order valence-corrected chi connectivity index (χ3v) is 2.95. The number of carbonyl (C=O) groups is 1. The van der Waals surface area contributed by atoms with Crippen LogP contribution in [0.4, 0.5) is 11.5 Å². The van der Waals surface area contributed by atoms with E-state index in [4.69, 9.17) is 15.1 Å². The summed E-state index contributed by atoms with van der Waals surface area (Å²) in [6.45, 7) is 0.130. The Morgan fingerprint density at radius 2 is 2.40 bits per heavy atom. The van der Waals surface area contributed by atoms with Crippen LogP contribution in [0.15, 0.2) is 12.3 Å². The third-order valence-electron chi connectivity index (χ3n) is 2.95. The number of carboxylic acid groups (broad SMARTS) is 1. The number of rotatable bonds is 4. The zero-order chi connectivity index (χ0) is 14.7. The predicted molar refractivity (Wildman–Crippen MR) is 65.0 cm³/mol. The molecule has 20 heavy (non-hydrogen) atoms. The van der Waals surface area contributed by atoms with E-state index in [1.807, 2.05) is 0 Å². The first-order chi connectivity index (χ1) is 9.54. The molecule has 0 amide bonds. The molecule has 0 spiro atoms. The van der Waals surface area contributed by atoms with Gasteiger partial charge in [0.1, 0.15) is 17.6 Å². The van der Waals surface area contributed by atoms with Crippen molar-refractivity contribution in [1.29, 1.82) is 5.26 Å². The summed E-state index contributed by atoms with van der Waals surface area (Å²) >= 11 is 0. The molecular weight excluding hydrogens is 268 g/mol. The molecule has 104 valence electrons. The van der Waals surface area contributed by atoms with Crippen molar-refractivity contribution in [3.8, 4) is 6.07 Å². The lowest BCUT2D eigenvalue weighted by molar-refractivity contribution is -0.384. The molecule has 2 rings (SSSR count). The SMILES string of the molecule is N#Cc1ccnc(NC2COCC2C(=O)O)c1[N+](=O)[O-].